The average molecular weight is 490 g/mol. The molecular formula is C22H23F5N2O5. The monoisotopic (exact) mass is 490 g/mol. The first kappa shape index (κ1) is 25.8. The van der Waals surface area contributed by atoms with Gasteiger partial charge < -0.3 is 25.0 Å². The van der Waals surface area contributed by atoms with Crippen molar-refractivity contribution in [1.82, 2.24) is 4.98 Å². The van der Waals surface area contributed by atoms with Crippen LogP contribution in [-0.4, -0.2) is 52.2 Å². The Bertz CT molecular complexity index is 1050. The number of alkyl halides is 3. The minimum atomic E-state index is -4.86. The van der Waals surface area contributed by atoms with E-state index in [1.165, 1.54) is 25.3 Å². The number of ether oxygens (including phenoxy) is 2. The highest BCUT2D eigenvalue weighted by Gasteiger charge is 2.61. The summed E-state index contributed by atoms with van der Waals surface area (Å²) in [6.45, 7) is 1.53. The minimum Gasteiger partial charge on any atom is -0.490 e. The number of benzene rings is 1. The smallest absolute Gasteiger partial charge is 0.417 e. The standard InChI is InChI=1S/C22H23F5N2O5/c1-3-33-18-12(4-5-14(23)17(18)24)13-9-21(2,22(25,26)27)34-19(13)20(32)29-11-6-7-28-15(8-11)16(31)10-30/h4-8,13,16,19,30-31H,3,9-10H2,1-2H3,(H,28,29,32)/t13-,16-,19+,21+/m1/s1. The molecule has 1 aromatic heterocycles. The molecule has 0 aliphatic carbocycles. The predicted molar refractivity (Wildman–Crippen MR) is 109 cm³/mol. The number of nitrogens with zero attached hydrogens (tertiary/aromatic N) is 1. The van der Waals surface area contributed by atoms with E-state index in [4.69, 9.17) is 14.6 Å². The molecule has 3 N–H and O–H groups in total. The molecule has 0 bridgehead atoms. The molecule has 34 heavy (non-hydrogen) atoms. The van der Waals surface area contributed by atoms with Gasteiger partial charge in [-0.3, -0.25) is 9.78 Å². The molecule has 0 spiro atoms. The maximum Gasteiger partial charge on any atom is 0.417 e. The summed E-state index contributed by atoms with van der Waals surface area (Å²) in [4.78, 5) is 16.9. The lowest BCUT2D eigenvalue weighted by Gasteiger charge is -2.27. The summed E-state index contributed by atoms with van der Waals surface area (Å²) in [7, 11) is 0. The van der Waals surface area contributed by atoms with Crippen molar-refractivity contribution in [2.75, 3.05) is 18.5 Å². The Kier molecular flexibility index (Phi) is 7.44. The van der Waals surface area contributed by atoms with Gasteiger partial charge in [0.05, 0.1) is 18.9 Å². The van der Waals surface area contributed by atoms with Crippen LogP contribution in [0.25, 0.3) is 0 Å². The second-order valence-electron chi connectivity index (χ2n) is 7.95. The maximum atomic E-state index is 14.4. The molecule has 1 aliphatic rings. The number of aromatic nitrogens is 1. The molecule has 2 aromatic rings. The molecule has 0 radical (unpaired) electrons. The van der Waals surface area contributed by atoms with Crippen molar-refractivity contribution in [3.63, 3.8) is 0 Å². The lowest BCUT2D eigenvalue weighted by Crippen LogP contribution is -2.43. The molecule has 4 atom stereocenters. The van der Waals surface area contributed by atoms with Crippen molar-refractivity contribution in [3.05, 3.63) is 53.4 Å². The van der Waals surface area contributed by atoms with Gasteiger partial charge in [-0.1, -0.05) is 6.07 Å². The number of hydrogen-bond donors (Lipinski definition) is 3. The molecule has 1 aliphatic heterocycles. The third-order valence-corrected chi connectivity index (χ3v) is 5.55. The molecular weight excluding hydrogens is 467 g/mol. The van der Waals surface area contributed by atoms with Crippen molar-refractivity contribution in [3.8, 4) is 5.75 Å². The molecule has 3 rings (SSSR count). The largest absolute Gasteiger partial charge is 0.490 e. The van der Waals surface area contributed by atoms with Gasteiger partial charge in [0, 0.05) is 23.4 Å². The van der Waals surface area contributed by atoms with Crippen LogP contribution in [-0.2, 0) is 9.53 Å². The zero-order chi connectivity index (χ0) is 25.3. The third kappa shape index (κ3) is 4.98. The van der Waals surface area contributed by atoms with Crippen molar-refractivity contribution in [2.24, 2.45) is 0 Å². The van der Waals surface area contributed by atoms with Crippen LogP contribution in [0.5, 0.6) is 5.75 Å². The lowest BCUT2D eigenvalue weighted by molar-refractivity contribution is -0.261. The highest BCUT2D eigenvalue weighted by atomic mass is 19.4. The highest BCUT2D eigenvalue weighted by molar-refractivity contribution is 5.95. The summed E-state index contributed by atoms with van der Waals surface area (Å²) in [5.41, 5.74) is -2.80. The number of halogens is 5. The van der Waals surface area contributed by atoms with Crippen LogP contribution in [0.4, 0.5) is 27.6 Å². The van der Waals surface area contributed by atoms with Crippen molar-refractivity contribution in [1.29, 1.82) is 0 Å². The molecule has 0 saturated carbocycles. The van der Waals surface area contributed by atoms with E-state index in [2.05, 4.69) is 10.3 Å². The van der Waals surface area contributed by atoms with Gasteiger partial charge in [0.25, 0.3) is 5.91 Å². The Morgan fingerprint density at radius 2 is 2.06 bits per heavy atom. The van der Waals surface area contributed by atoms with Crippen LogP contribution >= 0.6 is 0 Å². The Morgan fingerprint density at radius 3 is 2.68 bits per heavy atom. The molecule has 1 saturated heterocycles. The van der Waals surface area contributed by atoms with Gasteiger partial charge >= 0.3 is 6.18 Å². The number of carbonyl (C=O) groups excluding carboxylic acids is 1. The summed E-state index contributed by atoms with van der Waals surface area (Å²) >= 11 is 0. The van der Waals surface area contributed by atoms with Gasteiger partial charge in [-0.05, 0) is 38.5 Å². The number of anilines is 1. The van der Waals surface area contributed by atoms with Crippen LogP contribution in [0.2, 0.25) is 0 Å². The van der Waals surface area contributed by atoms with E-state index in [-0.39, 0.29) is 23.6 Å². The van der Waals surface area contributed by atoms with Crippen LogP contribution in [0, 0.1) is 11.6 Å². The zero-order valence-electron chi connectivity index (χ0n) is 18.2. The average Bonchev–Trinajstić information content (AvgIpc) is 3.16. The molecule has 0 unspecified atom stereocenters. The van der Waals surface area contributed by atoms with E-state index in [9.17, 15) is 31.9 Å². The molecule has 1 amide bonds. The topological polar surface area (TPSA) is 101 Å². The number of amides is 1. The fraction of sp³-hybridized carbons (Fsp3) is 0.455. The molecule has 1 fully saturated rings. The Balaban J connectivity index is 2.00. The fourth-order valence-electron chi connectivity index (χ4n) is 3.77. The Labute approximate surface area is 191 Å². The second kappa shape index (κ2) is 9.80. The summed E-state index contributed by atoms with van der Waals surface area (Å²) in [6, 6.07) is 4.37. The lowest BCUT2D eigenvalue weighted by atomic mass is 9.85. The predicted octanol–water partition coefficient (Wildman–Crippen LogP) is 3.62. The normalized spacial score (nSPS) is 23.6. The van der Waals surface area contributed by atoms with E-state index in [0.29, 0.717) is 0 Å². The van der Waals surface area contributed by atoms with E-state index in [1.54, 1.807) is 0 Å². The van der Waals surface area contributed by atoms with Gasteiger partial charge in [0.1, 0.15) is 12.2 Å². The van der Waals surface area contributed by atoms with Crippen LogP contribution in [0.15, 0.2) is 30.5 Å². The molecule has 1 aromatic carbocycles. The molecule has 186 valence electrons. The minimum absolute atomic E-state index is 0.0172. The number of aliphatic hydroxyl groups is 2. The summed E-state index contributed by atoms with van der Waals surface area (Å²) in [5, 5.41) is 21.2. The van der Waals surface area contributed by atoms with E-state index in [0.717, 1.165) is 19.1 Å². The number of pyridine rings is 1. The van der Waals surface area contributed by atoms with Crippen molar-refractivity contribution >= 4 is 11.6 Å². The first-order chi connectivity index (χ1) is 15.9. The number of hydrogen-bond acceptors (Lipinski definition) is 6. The molecule has 7 nitrogen and oxygen atoms in total. The van der Waals surface area contributed by atoms with Gasteiger partial charge in [-0.15, -0.1) is 0 Å². The van der Waals surface area contributed by atoms with Crippen molar-refractivity contribution in [2.45, 2.75) is 50.2 Å². The number of carbonyl (C=O) groups is 1. The first-order valence-electron chi connectivity index (χ1n) is 10.3. The Morgan fingerprint density at radius 1 is 1.35 bits per heavy atom. The van der Waals surface area contributed by atoms with Crippen LogP contribution < -0.4 is 10.1 Å². The number of aliphatic hydroxyl groups excluding tert-OH is 2. The number of nitrogens with one attached hydrogen (secondary N) is 1. The Hall–Kier alpha value is -2.83. The summed E-state index contributed by atoms with van der Waals surface area (Å²) in [5.74, 6) is -5.53. The van der Waals surface area contributed by atoms with E-state index < -0.39 is 66.2 Å². The van der Waals surface area contributed by atoms with Gasteiger partial charge in [0.2, 0.25) is 5.82 Å². The highest BCUT2D eigenvalue weighted by Crippen LogP contribution is 2.51. The maximum absolute atomic E-state index is 14.4. The molecule has 2 heterocycles. The van der Waals surface area contributed by atoms with Crippen molar-refractivity contribution < 1.29 is 46.4 Å². The molecule has 12 heteroatoms. The van der Waals surface area contributed by atoms with Gasteiger partial charge in [0.15, 0.2) is 17.2 Å². The zero-order valence-corrected chi connectivity index (χ0v) is 18.2. The van der Waals surface area contributed by atoms with Gasteiger partial charge in [-0.25, -0.2) is 4.39 Å². The first-order valence-corrected chi connectivity index (χ1v) is 10.3. The van der Waals surface area contributed by atoms with Crippen LogP contribution in [0.3, 0.4) is 0 Å². The quantitative estimate of drug-likeness (QED) is 0.513. The summed E-state index contributed by atoms with van der Waals surface area (Å²) in [6.07, 6.45) is -7.46. The number of rotatable bonds is 7. The summed E-state index contributed by atoms with van der Waals surface area (Å²) < 4.78 is 80.0. The van der Waals surface area contributed by atoms with E-state index in [1.807, 2.05) is 0 Å². The van der Waals surface area contributed by atoms with Crippen LogP contribution in [0.1, 0.15) is 43.5 Å². The van der Waals surface area contributed by atoms with E-state index >= 15 is 0 Å². The third-order valence-electron chi connectivity index (χ3n) is 5.55. The fourth-order valence-corrected chi connectivity index (χ4v) is 3.77. The second-order valence-corrected chi connectivity index (χ2v) is 7.95. The van der Waals surface area contributed by atoms with Gasteiger partial charge in [-0.2, -0.15) is 17.6 Å². The SMILES string of the molecule is CCOc1c([C@H]2C[C@@](C)(C(F)(F)F)O[C@@H]2C(=O)Nc2ccnc([C@H](O)CO)c2)ccc(F)c1F.